The Hall–Kier alpha value is -3.22. The van der Waals surface area contributed by atoms with Crippen molar-refractivity contribution < 1.29 is 9.59 Å². The molecule has 1 saturated carbocycles. The highest BCUT2D eigenvalue weighted by atomic mass is 16.2. The van der Waals surface area contributed by atoms with Crippen molar-refractivity contribution in [2.24, 2.45) is 11.3 Å². The average Bonchev–Trinajstić information content (AvgIpc) is 3.24. The van der Waals surface area contributed by atoms with E-state index in [0.29, 0.717) is 19.6 Å². The van der Waals surface area contributed by atoms with Crippen molar-refractivity contribution in [2.75, 3.05) is 19.6 Å². The van der Waals surface area contributed by atoms with E-state index in [2.05, 4.69) is 21.4 Å². The molecule has 1 aliphatic carbocycles. The normalized spacial score (nSPS) is 19.1. The number of likely N-dealkylation sites (tertiary alicyclic amines) is 1. The van der Waals surface area contributed by atoms with Crippen LogP contribution >= 0.6 is 0 Å². The number of nitrogens with zero attached hydrogens (tertiary/aromatic N) is 4. The third-order valence-corrected chi connectivity index (χ3v) is 7.33. The lowest BCUT2D eigenvalue weighted by molar-refractivity contribution is -0.123. The Morgan fingerprint density at radius 1 is 1.18 bits per heavy atom. The fraction of sp³-hybridized carbons (Fsp3) is 0.462. The van der Waals surface area contributed by atoms with E-state index in [-0.39, 0.29) is 23.1 Å². The third kappa shape index (κ3) is 4.36. The zero-order chi connectivity index (χ0) is 23.0. The molecule has 1 saturated heterocycles. The molecule has 2 amide bonds. The van der Waals surface area contributed by atoms with Crippen molar-refractivity contribution in [3.63, 3.8) is 0 Å². The molecule has 0 radical (unpaired) electrons. The summed E-state index contributed by atoms with van der Waals surface area (Å²) in [6, 6.07) is 7.98. The summed E-state index contributed by atoms with van der Waals surface area (Å²) in [5.74, 6) is 0.341. The lowest BCUT2D eigenvalue weighted by Gasteiger charge is -2.33. The fourth-order valence-electron chi connectivity index (χ4n) is 5.26. The fourth-order valence-corrected chi connectivity index (χ4v) is 5.26. The molecule has 7 nitrogen and oxygen atoms in total. The molecule has 172 valence electrons. The van der Waals surface area contributed by atoms with Gasteiger partial charge in [0.1, 0.15) is 0 Å². The lowest BCUT2D eigenvalue weighted by Crippen LogP contribution is -2.40. The highest BCUT2D eigenvalue weighted by Crippen LogP contribution is 2.59. The summed E-state index contributed by atoms with van der Waals surface area (Å²) in [4.78, 5) is 36.7. The van der Waals surface area contributed by atoms with Crippen molar-refractivity contribution in [2.45, 2.75) is 46.1 Å². The van der Waals surface area contributed by atoms with Gasteiger partial charge in [-0.3, -0.25) is 14.6 Å². The van der Waals surface area contributed by atoms with E-state index >= 15 is 0 Å². The van der Waals surface area contributed by atoms with Gasteiger partial charge in [0.25, 0.3) is 5.91 Å². The number of piperidine rings is 1. The Balaban J connectivity index is 1.16. The summed E-state index contributed by atoms with van der Waals surface area (Å²) in [5.41, 5.74) is 3.66. The van der Waals surface area contributed by atoms with Gasteiger partial charge in [-0.2, -0.15) is 0 Å². The summed E-state index contributed by atoms with van der Waals surface area (Å²) in [5, 5.41) is 4.03. The minimum atomic E-state index is 0.0760. The van der Waals surface area contributed by atoms with Crippen molar-refractivity contribution in [1.29, 1.82) is 0 Å². The summed E-state index contributed by atoms with van der Waals surface area (Å²) in [6.45, 7) is 6.92. The van der Waals surface area contributed by atoms with E-state index in [0.717, 1.165) is 60.0 Å². The molecule has 7 heteroatoms. The molecule has 0 bridgehead atoms. The first kappa shape index (κ1) is 21.6. The van der Waals surface area contributed by atoms with Crippen molar-refractivity contribution in [1.82, 2.24) is 24.8 Å². The van der Waals surface area contributed by atoms with Crippen LogP contribution < -0.4 is 5.32 Å². The van der Waals surface area contributed by atoms with Gasteiger partial charge in [0.05, 0.1) is 17.4 Å². The maximum absolute atomic E-state index is 13.4. The van der Waals surface area contributed by atoms with E-state index in [9.17, 15) is 9.59 Å². The van der Waals surface area contributed by atoms with Crippen LogP contribution in [0, 0.1) is 25.2 Å². The van der Waals surface area contributed by atoms with E-state index in [1.807, 2.05) is 47.7 Å². The molecule has 1 atom stereocenters. The molecule has 3 heterocycles. The van der Waals surface area contributed by atoms with Gasteiger partial charge in [-0.05, 0) is 63.1 Å². The third-order valence-electron chi connectivity index (χ3n) is 7.33. The molecule has 1 aromatic carbocycles. The molecule has 1 unspecified atom stereocenters. The Labute approximate surface area is 194 Å². The van der Waals surface area contributed by atoms with Crippen LogP contribution in [0.4, 0.5) is 0 Å². The molecule has 1 aliphatic heterocycles. The van der Waals surface area contributed by atoms with Crippen LogP contribution in [-0.2, 0) is 11.3 Å². The van der Waals surface area contributed by atoms with Crippen LogP contribution in [0.15, 0.2) is 43.0 Å². The largest absolute Gasteiger partial charge is 0.356 e. The second kappa shape index (κ2) is 8.61. The average molecular weight is 446 g/mol. The number of carbonyl (C=O) groups excluding carboxylic acids is 2. The number of pyridine rings is 1. The van der Waals surface area contributed by atoms with Gasteiger partial charge in [-0.1, -0.05) is 11.6 Å². The number of aryl methyl sites for hydroxylation is 3. The van der Waals surface area contributed by atoms with Gasteiger partial charge in [0.2, 0.25) is 5.91 Å². The minimum absolute atomic E-state index is 0.0760. The van der Waals surface area contributed by atoms with Crippen molar-refractivity contribution in [3.05, 3.63) is 59.8 Å². The zero-order valence-electron chi connectivity index (χ0n) is 19.4. The first-order valence-corrected chi connectivity index (χ1v) is 11.9. The number of imidazole rings is 1. The monoisotopic (exact) mass is 445 g/mol. The predicted molar refractivity (Wildman–Crippen MR) is 127 cm³/mol. The van der Waals surface area contributed by atoms with Gasteiger partial charge in [-0.15, -0.1) is 0 Å². The van der Waals surface area contributed by atoms with Crippen molar-refractivity contribution >= 4 is 22.7 Å². The van der Waals surface area contributed by atoms with Gasteiger partial charge < -0.3 is 14.8 Å². The molecular formula is C26H31N5O2. The number of nitrogens with one attached hydrogen (secondary N) is 1. The van der Waals surface area contributed by atoms with Crippen LogP contribution in [0.25, 0.3) is 10.9 Å². The Bertz CT molecular complexity index is 1180. The predicted octanol–water partition coefficient (Wildman–Crippen LogP) is 3.50. The topological polar surface area (TPSA) is 80.1 Å². The van der Waals surface area contributed by atoms with E-state index in [1.165, 1.54) is 0 Å². The number of hydrogen-bond donors (Lipinski definition) is 1. The number of amides is 2. The number of carbonyl (C=O) groups is 2. The maximum Gasteiger partial charge on any atom is 0.254 e. The number of benzene rings is 1. The summed E-state index contributed by atoms with van der Waals surface area (Å²) in [7, 11) is 0. The van der Waals surface area contributed by atoms with Gasteiger partial charge in [0, 0.05) is 55.6 Å². The van der Waals surface area contributed by atoms with E-state index < -0.39 is 0 Å². The molecule has 5 rings (SSSR count). The lowest BCUT2D eigenvalue weighted by atomic mass is 9.90. The number of aromatic nitrogens is 3. The standard InChI is InChI=1S/C26H31N5O2/c1-18-4-5-23-20(14-18)21(15-19(2)29-23)25(33)31-11-6-26(7-12-31)16-22(26)24(32)28-8-3-10-30-13-9-27-17-30/h4-5,9,13-15,17,22H,3,6-8,10-12,16H2,1-2H3,(H,28,32). The molecule has 1 spiro atoms. The van der Waals surface area contributed by atoms with Crippen LogP contribution in [0.1, 0.15) is 47.3 Å². The summed E-state index contributed by atoms with van der Waals surface area (Å²) in [6.07, 6.45) is 9.12. The van der Waals surface area contributed by atoms with Gasteiger partial charge >= 0.3 is 0 Å². The minimum Gasteiger partial charge on any atom is -0.356 e. The highest BCUT2D eigenvalue weighted by molar-refractivity contribution is 6.06. The van der Waals surface area contributed by atoms with E-state index in [4.69, 9.17) is 0 Å². The van der Waals surface area contributed by atoms with Gasteiger partial charge in [0.15, 0.2) is 0 Å². The van der Waals surface area contributed by atoms with Crippen LogP contribution in [0.5, 0.6) is 0 Å². The Kier molecular flexibility index (Phi) is 5.64. The Morgan fingerprint density at radius 2 is 2.00 bits per heavy atom. The van der Waals surface area contributed by atoms with Crippen molar-refractivity contribution in [3.8, 4) is 0 Å². The quantitative estimate of drug-likeness (QED) is 0.589. The van der Waals surface area contributed by atoms with Crippen LogP contribution in [0.3, 0.4) is 0 Å². The second-order valence-corrected chi connectivity index (χ2v) is 9.69. The number of rotatable bonds is 6. The first-order valence-electron chi connectivity index (χ1n) is 11.9. The molecule has 3 aromatic rings. The highest BCUT2D eigenvalue weighted by Gasteiger charge is 2.58. The number of hydrogen-bond acceptors (Lipinski definition) is 4. The summed E-state index contributed by atoms with van der Waals surface area (Å²) >= 11 is 0. The second-order valence-electron chi connectivity index (χ2n) is 9.69. The van der Waals surface area contributed by atoms with Crippen LogP contribution in [-0.4, -0.2) is 50.9 Å². The first-order chi connectivity index (χ1) is 15.9. The number of fused-ring (bicyclic) bond motifs is 1. The van der Waals surface area contributed by atoms with Crippen LogP contribution in [0.2, 0.25) is 0 Å². The zero-order valence-corrected chi connectivity index (χ0v) is 19.4. The SMILES string of the molecule is Cc1ccc2nc(C)cc(C(=O)N3CCC4(CC3)CC4C(=O)NCCCn3ccnc3)c2c1. The maximum atomic E-state index is 13.4. The molecular weight excluding hydrogens is 414 g/mol. The Morgan fingerprint density at radius 3 is 2.76 bits per heavy atom. The molecule has 33 heavy (non-hydrogen) atoms. The molecule has 1 N–H and O–H groups in total. The smallest absolute Gasteiger partial charge is 0.254 e. The molecule has 2 aromatic heterocycles. The molecule has 2 aliphatic rings. The van der Waals surface area contributed by atoms with Gasteiger partial charge in [-0.25, -0.2) is 4.98 Å². The molecule has 2 fully saturated rings. The summed E-state index contributed by atoms with van der Waals surface area (Å²) < 4.78 is 2.02. The van der Waals surface area contributed by atoms with E-state index in [1.54, 1.807) is 12.5 Å².